The van der Waals surface area contributed by atoms with Gasteiger partial charge in [-0.2, -0.15) is 0 Å². The maximum absolute atomic E-state index is 11.1. The molecule has 8 heteroatoms. The van der Waals surface area contributed by atoms with Crippen molar-refractivity contribution in [2.45, 2.75) is 26.3 Å². The molecule has 0 bridgehead atoms. The van der Waals surface area contributed by atoms with Gasteiger partial charge < -0.3 is 15.1 Å². The molecule has 1 aliphatic heterocycles. The third kappa shape index (κ3) is 4.12. The third-order valence-corrected chi connectivity index (χ3v) is 4.86. The Labute approximate surface area is 151 Å². The van der Waals surface area contributed by atoms with Gasteiger partial charge in [0.2, 0.25) is 5.89 Å². The number of anilines is 1. The Balaban J connectivity index is 0.00000208. The summed E-state index contributed by atoms with van der Waals surface area (Å²) in [5, 5.41) is 13.7. The quantitative estimate of drug-likeness (QED) is 0.767. The van der Waals surface area contributed by atoms with E-state index >= 15 is 0 Å². The second kappa shape index (κ2) is 8.05. The van der Waals surface area contributed by atoms with Gasteiger partial charge in [0, 0.05) is 11.6 Å². The Morgan fingerprint density at radius 1 is 1.46 bits per heavy atom. The summed E-state index contributed by atoms with van der Waals surface area (Å²) in [6.07, 6.45) is 1.14. The predicted octanol–water partition coefficient (Wildman–Crippen LogP) is 3.15. The Kier molecular flexibility index (Phi) is 6.32. The highest BCUT2D eigenvalue weighted by molar-refractivity contribution is 6.33. The summed E-state index contributed by atoms with van der Waals surface area (Å²) in [6.45, 7) is 6.55. The monoisotopic (exact) mass is 372 g/mol. The van der Waals surface area contributed by atoms with Gasteiger partial charge in [0.25, 0.3) is 0 Å². The highest BCUT2D eigenvalue weighted by atomic mass is 35.5. The lowest BCUT2D eigenvalue weighted by atomic mass is 9.82. The van der Waals surface area contributed by atoms with E-state index in [4.69, 9.17) is 16.0 Å². The maximum atomic E-state index is 11.1. The summed E-state index contributed by atoms with van der Waals surface area (Å²) in [4.78, 5) is 11.1. The molecule has 0 spiro atoms. The van der Waals surface area contributed by atoms with E-state index in [1.807, 2.05) is 6.07 Å². The molecule has 3 rings (SSSR count). The van der Waals surface area contributed by atoms with Crippen molar-refractivity contribution in [2.75, 3.05) is 18.4 Å². The fraction of sp³-hybridized carbons (Fsp3) is 0.500. The van der Waals surface area contributed by atoms with Gasteiger partial charge in [-0.15, -0.1) is 17.5 Å². The Morgan fingerprint density at radius 2 is 2.25 bits per heavy atom. The largest absolute Gasteiger partial charge is 0.434 e. The molecular weight excluding hydrogens is 351 g/mol. The summed E-state index contributed by atoms with van der Waals surface area (Å²) in [6, 6.07) is 5.73. The number of halogens is 2. The van der Waals surface area contributed by atoms with Crippen molar-refractivity contribution in [1.82, 2.24) is 15.5 Å². The number of piperidine rings is 1. The molecule has 1 saturated heterocycles. The van der Waals surface area contributed by atoms with Gasteiger partial charge in [0.05, 0.1) is 10.7 Å². The summed E-state index contributed by atoms with van der Waals surface area (Å²) in [5.74, 6) is 0.885. The van der Waals surface area contributed by atoms with E-state index < -0.39 is 5.76 Å². The van der Waals surface area contributed by atoms with E-state index in [-0.39, 0.29) is 18.3 Å². The van der Waals surface area contributed by atoms with E-state index in [9.17, 15) is 4.79 Å². The van der Waals surface area contributed by atoms with Gasteiger partial charge in [-0.1, -0.05) is 18.5 Å². The van der Waals surface area contributed by atoms with Crippen LogP contribution in [0.25, 0.3) is 11.5 Å². The maximum Gasteiger partial charge on any atom is 0.434 e. The SMILES string of the molecule is CC(Nc1cc(-c2n[nH]c(=O)o2)ccc1Cl)[C@H]1CCNC[C@H]1C.Cl. The molecule has 1 fully saturated rings. The minimum Gasteiger partial charge on any atom is -0.388 e. The lowest BCUT2D eigenvalue weighted by Crippen LogP contribution is -2.42. The van der Waals surface area contributed by atoms with Gasteiger partial charge in [-0.3, -0.25) is 0 Å². The number of rotatable bonds is 4. The van der Waals surface area contributed by atoms with Crippen molar-refractivity contribution in [2.24, 2.45) is 11.8 Å². The number of hydrogen-bond donors (Lipinski definition) is 3. The van der Waals surface area contributed by atoms with E-state index in [0.717, 1.165) is 25.2 Å². The van der Waals surface area contributed by atoms with Gasteiger partial charge in [-0.25, -0.2) is 9.89 Å². The molecule has 1 unspecified atom stereocenters. The van der Waals surface area contributed by atoms with Crippen LogP contribution in [-0.2, 0) is 0 Å². The molecule has 24 heavy (non-hydrogen) atoms. The van der Waals surface area contributed by atoms with Crippen LogP contribution < -0.4 is 16.4 Å². The van der Waals surface area contributed by atoms with Crippen LogP contribution in [0.1, 0.15) is 20.3 Å². The van der Waals surface area contributed by atoms with Gasteiger partial charge in [0.1, 0.15) is 0 Å². The molecule has 132 valence electrons. The summed E-state index contributed by atoms with van der Waals surface area (Å²) in [7, 11) is 0. The number of nitrogens with one attached hydrogen (secondary N) is 3. The zero-order valence-corrected chi connectivity index (χ0v) is 15.2. The first-order chi connectivity index (χ1) is 11.0. The van der Waals surface area contributed by atoms with Gasteiger partial charge in [-0.05, 0) is 56.5 Å². The van der Waals surface area contributed by atoms with Gasteiger partial charge >= 0.3 is 5.76 Å². The first kappa shape index (κ1) is 18.8. The molecule has 3 atom stereocenters. The van der Waals surface area contributed by atoms with Crippen molar-refractivity contribution < 1.29 is 4.42 Å². The first-order valence-electron chi connectivity index (χ1n) is 7.87. The summed E-state index contributed by atoms with van der Waals surface area (Å²) < 4.78 is 5.00. The zero-order valence-electron chi connectivity index (χ0n) is 13.6. The highest BCUT2D eigenvalue weighted by Gasteiger charge is 2.26. The Bertz CT molecular complexity index is 731. The molecular formula is C16H22Cl2N4O2. The minimum absolute atomic E-state index is 0. The van der Waals surface area contributed by atoms with Crippen molar-refractivity contribution >= 4 is 29.7 Å². The van der Waals surface area contributed by atoms with Crippen molar-refractivity contribution in [1.29, 1.82) is 0 Å². The minimum atomic E-state index is -0.568. The third-order valence-electron chi connectivity index (χ3n) is 4.53. The van der Waals surface area contributed by atoms with Crippen molar-refractivity contribution in [3.05, 3.63) is 33.8 Å². The lowest BCUT2D eigenvalue weighted by Gasteiger charge is -2.35. The number of benzene rings is 1. The van der Waals surface area contributed by atoms with Crippen LogP contribution >= 0.6 is 24.0 Å². The number of hydrogen-bond acceptors (Lipinski definition) is 5. The number of H-pyrrole nitrogens is 1. The van der Waals surface area contributed by atoms with Crippen molar-refractivity contribution in [3.63, 3.8) is 0 Å². The number of nitrogens with zero attached hydrogens (tertiary/aromatic N) is 1. The molecule has 1 aromatic carbocycles. The van der Waals surface area contributed by atoms with Gasteiger partial charge in [0.15, 0.2) is 0 Å². The van der Waals surface area contributed by atoms with E-state index in [1.54, 1.807) is 12.1 Å². The zero-order chi connectivity index (χ0) is 16.4. The molecule has 0 saturated carbocycles. The Hall–Kier alpha value is -1.50. The molecule has 2 aromatic rings. The molecule has 0 radical (unpaired) electrons. The van der Waals surface area contributed by atoms with E-state index in [2.05, 4.69) is 34.7 Å². The van der Waals surface area contributed by atoms with Crippen LogP contribution in [0.3, 0.4) is 0 Å². The Morgan fingerprint density at radius 3 is 2.92 bits per heavy atom. The average Bonchev–Trinajstić information content (AvgIpc) is 2.96. The molecule has 0 aliphatic carbocycles. The molecule has 1 aliphatic rings. The normalized spacial score (nSPS) is 21.8. The summed E-state index contributed by atoms with van der Waals surface area (Å²) >= 11 is 6.31. The molecule has 2 heterocycles. The molecule has 6 nitrogen and oxygen atoms in total. The molecule has 3 N–H and O–H groups in total. The van der Waals surface area contributed by atoms with Crippen LogP contribution in [0, 0.1) is 11.8 Å². The fourth-order valence-corrected chi connectivity index (χ4v) is 3.42. The van der Waals surface area contributed by atoms with E-state index in [1.165, 1.54) is 0 Å². The summed E-state index contributed by atoms with van der Waals surface area (Å²) in [5.41, 5.74) is 1.54. The fourth-order valence-electron chi connectivity index (χ4n) is 3.25. The second-order valence-electron chi connectivity index (χ2n) is 6.18. The smallest absolute Gasteiger partial charge is 0.388 e. The van der Waals surface area contributed by atoms with Crippen LogP contribution in [0.5, 0.6) is 0 Å². The van der Waals surface area contributed by atoms with E-state index in [0.29, 0.717) is 28.5 Å². The second-order valence-corrected chi connectivity index (χ2v) is 6.59. The predicted molar refractivity (Wildman–Crippen MR) is 98.0 cm³/mol. The van der Waals surface area contributed by atoms with Crippen LogP contribution in [0.15, 0.2) is 27.4 Å². The topological polar surface area (TPSA) is 83.0 Å². The first-order valence-corrected chi connectivity index (χ1v) is 8.25. The average molecular weight is 373 g/mol. The standard InChI is InChI=1S/C16H21ClN4O2.ClH/c1-9-8-18-6-5-12(9)10(2)19-14-7-11(3-4-13(14)17)15-20-21-16(22)23-15;/h3-4,7,9-10,12,18-19H,5-6,8H2,1-2H3,(H,21,22);1H/t9-,10?,12+;/m1./s1. The van der Waals surface area contributed by atoms with Crippen LogP contribution in [0.2, 0.25) is 5.02 Å². The molecule has 0 amide bonds. The number of aromatic amines is 1. The van der Waals surface area contributed by atoms with Crippen LogP contribution in [0.4, 0.5) is 5.69 Å². The molecule has 1 aromatic heterocycles. The highest BCUT2D eigenvalue weighted by Crippen LogP contribution is 2.31. The lowest BCUT2D eigenvalue weighted by molar-refractivity contribution is 0.250. The number of aromatic nitrogens is 2. The van der Waals surface area contributed by atoms with Crippen molar-refractivity contribution in [3.8, 4) is 11.5 Å². The van der Waals surface area contributed by atoms with Crippen LogP contribution in [-0.4, -0.2) is 29.3 Å².